The van der Waals surface area contributed by atoms with Crippen LogP contribution in [0.2, 0.25) is 0 Å². The van der Waals surface area contributed by atoms with Crippen molar-refractivity contribution < 1.29 is 18.3 Å². The number of aryl methyl sites for hydroxylation is 1. The van der Waals surface area contributed by atoms with Crippen LogP contribution in [0.15, 0.2) is 54.7 Å². The number of anilines is 1. The van der Waals surface area contributed by atoms with Gasteiger partial charge in [-0.25, -0.2) is 4.98 Å². The first-order chi connectivity index (χ1) is 12.5. The first-order valence-electron chi connectivity index (χ1n) is 7.86. The maximum Gasteiger partial charge on any atom is 0.387 e. The second-order valence-corrected chi connectivity index (χ2v) is 6.80. The minimum atomic E-state index is -2.91. The zero-order chi connectivity index (χ0) is 18.5. The molecular weight excluding hydrogens is 358 g/mol. The first-order valence-corrected chi connectivity index (χ1v) is 8.68. The van der Waals surface area contributed by atoms with Crippen molar-refractivity contribution in [1.29, 1.82) is 0 Å². The summed E-state index contributed by atoms with van der Waals surface area (Å²) in [7, 11) is 0. The number of thiazole rings is 1. The number of halogens is 2. The molecule has 1 amide bonds. The standard InChI is InChI=1S/C19H16F2N2O2S/c1-12-22-11-17(26-12)18(24)23-15-7-8-16(25-19(20)21)14(10-15)9-13-5-3-2-4-6-13/h2-8,10-11,19H,9H2,1H3,(H,23,24). The van der Waals surface area contributed by atoms with E-state index < -0.39 is 6.61 Å². The van der Waals surface area contributed by atoms with Crippen LogP contribution < -0.4 is 10.1 Å². The van der Waals surface area contributed by atoms with Crippen molar-refractivity contribution in [2.45, 2.75) is 20.0 Å². The molecule has 0 bridgehead atoms. The van der Waals surface area contributed by atoms with Crippen molar-refractivity contribution in [2.75, 3.05) is 5.32 Å². The molecule has 2 aromatic carbocycles. The number of alkyl halides is 2. The summed E-state index contributed by atoms with van der Waals surface area (Å²) >= 11 is 1.29. The molecule has 0 spiro atoms. The third-order valence-electron chi connectivity index (χ3n) is 3.62. The zero-order valence-corrected chi connectivity index (χ0v) is 14.7. The van der Waals surface area contributed by atoms with E-state index in [-0.39, 0.29) is 11.7 Å². The van der Waals surface area contributed by atoms with E-state index in [1.807, 2.05) is 37.3 Å². The molecule has 7 heteroatoms. The van der Waals surface area contributed by atoms with Crippen molar-refractivity contribution in [3.63, 3.8) is 0 Å². The smallest absolute Gasteiger partial charge is 0.387 e. The van der Waals surface area contributed by atoms with Gasteiger partial charge in [-0.3, -0.25) is 4.79 Å². The number of ether oxygens (including phenoxy) is 1. The predicted molar refractivity (Wildman–Crippen MR) is 97.1 cm³/mol. The number of hydrogen-bond donors (Lipinski definition) is 1. The second-order valence-electron chi connectivity index (χ2n) is 5.56. The third-order valence-corrected chi connectivity index (χ3v) is 4.53. The molecule has 26 heavy (non-hydrogen) atoms. The van der Waals surface area contributed by atoms with E-state index in [4.69, 9.17) is 0 Å². The Morgan fingerprint density at radius 1 is 1.23 bits per heavy atom. The average molecular weight is 374 g/mol. The molecule has 3 aromatic rings. The van der Waals surface area contributed by atoms with Gasteiger partial charge in [-0.05, 0) is 30.7 Å². The van der Waals surface area contributed by atoms with E-state index >= 15 is 0 Å². The Labute approximate surface area is 153 Å². The molecule has 0 aliphatic rings. The van der Waals surface area contributed by atoms with Gasteiger partial charge in [-0.2, -0.15) is 8.78 Å². The summed E-state index contributed by atoms with van der Waals surface area (Å²) in [5.41, 5.74) is 2.02. The Bertz CT molecular complexity index is 898. The lowest BCUT2D eigenvalue weighted by Gasteiger charge is -2.13. The number of hydrogen-bond acceptors (Lipinski definition) is 4. The van der Waals surface area contributed by atoms with Gasteiger partial charge in [0.05, 0.1) is 11.2 Å². The maximum absolute atomic E-state index is 12.7. The average Bonchev–Trinajstić information content (AvgIpc) is 3.04. The molecule has 0 saturated carbocycles. The predicted octanol–water partition coefficient (Wildman–Crippen LogP) is 4.90. The molecule has 1 aromatic heterocycles. The Morgan fingerprint density at radius 2 is 2.00 bits per heavy atom. The first kappa shape index (κ1) is 18.0. The lowest BCUT2D eigenvalue weighted by molar-refractivity contribution is -0.0503. The van der Waals surface area contributed by atoms with Crippen molar-refractivity contribution in [3.05, 3.63) is 75.7 Å². The van der Waals surface area contributed by atoms with Crippen molar-refractivity contribution in [1.82, 2.24) is 4.98 Å². The van der Waals surface area contributed by atoms with E-state index in [0.29, 0.717) is 22.5 Å². The summed E-state index contributed by atoms with van der Waals surface area (Å²) in [5, 5.41) is 3.56. The number of aromatic nitrogens is 1. The summed E-state index contributed by atoms with van der Waals surface area (Å²) < 4.78 is 30.0. The van der Waals surface area contributed by atoms with E-state index in [1.165, 1.54) is 29.7 Å². The van der Waals surface area contributed by atoms with Crippen LogP contribution in [0.3, 0.4) is 0 Å². The number of nitrogens with zero attached hydrogens (tertiary/aromatic N) is 1. The molecule has 0 radical (unpaired) electrons. The lowest BCUT2D eigenvalue weighted by atomic mass is 10.0. The summed E-state index contributed by atoms with van der Waals surface area (Å²) in [4.78, 5) is 16.8. The molecular formula is C19H16F2N2O2S. The van der Waals surface area contributed by atoms with Crippen LogP contribution in [0.4, 0.5) is 14.5 Å². The fraction of sp³-hybridized carbons (Fsp3) is 0.158. The maximum atomic E-state index is 12.7. The number of rotatable bonds is 6. The number of carbonyl (C=O) groups is 1. The molecule has 1 N–H and O–H groups in total. The van der Waals surface area contributed by atoms with Crippen molar-refractivity contribution >= 4 is 22.9 Å². The second kappa shape index (κ2) is 8.05. The Hall–Kier alpha value is -2.80. The Morgan fingerprint density at radius 3 is 2.65 bits per heavy atom. The topological polar surface area (TPSA) is 51.2 Å². The molecule has 0 aliphatic carbocycles. The van der Waals surface area contributed by atoms with E-state index in [0.717, 1.165) is 10.6 Å². The van der Waals surface area contributed by atoms with E-state index in [9.17, 15) is 13.6 Å². The fourth-order valence-corrected chi connectivity index (χ4v) is 3.15. The molecule has 3 rings (SSSR count). The van der Waals surface area contributed by atoms with Gasteiger partial charge in [-0.1, -0.05) is 30.3 Å². The highest BCUT2D eigenvalue weighted by atomic mass is 32.1. The van der Waals surface area contributed by atoms with Gasteiger partial charge in [0.15, 0.2) is 0 Å². The van der Waals surface area contributed by atoms with Crippen LogP contribution in [0.5, 0.6) is 5.75 Å². The number of benzene rings is 2. The molecule has 0 saturated heterocycles. The summed E-state index contributed by atoms with van der Waals surface area (Å²) in [6.45, 7) is -1.10. The summed E-state index contributed by atoms with van der Waals surface area (Å²) in [6.07, 6.45) is 1.92. The van der Waals surface area contributed by atoms with Gasteiger partial charge < -0.3 is 10.1 Å². The third kappa shape index (κ3) is 4.64. The number of carbonyl (C=O) groups excluding carboxylic acids is 1. The minimum Gasteiger partial charge on any atom is -0.435 e. The lowest BCUT2D eigenvalue weighted by Crippen LogP contribution is -2.11. The number of amides is 1. The fourth-order valence-electron chi connectivity index (χ4n) is 2.48. The van der Waals surface area contributed by atoms with Crippen LogP contribution in [-0.4, -0.2) is 17.5 Å². The molecule has 0 aliphatic heterocycles. The Kier molecular flexibility index (Phi) is 5.58. The highest BCUT2D eigenvalue weighted by molar-refractivity contribution is 7.13. The molecule has 1 heterocycles. The molecule has 4 nitrogen and oxygen atoms in total. The molecule has 0 atom stereocenters. The minimum absolute atomic E-state index is 0.0930. The van der Waals surface area contributed by atoms with Gasteiger partial charge in [0.1, 0.15) is 10.6 Å². The van der Waals surface area contributed by atoms with Gasteiger partial charge in [0, 0.05) is 17.7 Å². The normalized spacial score (nSPS) is 10.8. The van der Waals surface area contributed by atoms with Gasteiger partial charge in [0.2, 0.25) is 0 Å². The van der Waals surface area contributed by atoms with Crippen molar-refractivity contribution in [2.24, 2.45) is 0 Å². The summed E-state index contributed by atoms with van der Waals surface area (Å²) in [5.74, 6) is -0.195. The molecule has 134 valence electrons. The van der Waals surface area contributed by atoms with Gasteiger partial charge in [-0.15, -0.1) is 11.3 Å². The van der Waals surface area contributed by atoms with Crippen LogP contribution in [0.25, 0.3) is 0 Å². The largest absolute Gasteiger partial charge is 0.435 e. The Balaban J connectivity index is 1.84. The zero-order valence-electron chi connectivity index (χ0n) is 13.9. The monoisotopic (exact) mass is 374 g/mol. The van der Waals surface area contributed by atoms with E-state index in [1.54, 1.807) is 6.07 Å². The highest BCUT2D eigenvalue weighted by Crippen LogP contribution is 2.27. The van der Waals surface area contributed by atoms with Crippen LogP contribution in [0.1, 0.15) is 25.8 Å². The SMILES string of the molecule is Cc1ncc(C(=O)Nc2ccc(OC(F)F)c(Cc3ccccc3)c2)s1. The number of nitrogens with one attached hydrogen (secondary N) is 1. The van der Waals surface area contributed by atoms with Crippen LogP contribution in [-0.2, 0) is 6.42 Å². The van der Waals surface area contributed by atoms with Gasteiger partial charge >= 0.3 is 6.61 Å². The molecule has 0 unspecified atom stereocenters. The summed E-state index contributed by atoms with van der Waals surface area (Å²) in [6, 6.07) is 14.1. The van der Waals surface area contributed by atoms with Crippen LogP contribution >= 0.6 is 11.3 Å². The van der Waals surface area contributed by atoms with E-state index in [2.05, 4.69) is 15.0 Å². The van der Waals surface area contributed by atoms with Crippen molar-refractivity contribution in [3.8, 4) is 5.75 Å². The quantitative estimate of drug-likeness (QED) is 0.668. The van der Waals surface area contributed by atoms with Gasteiger partial charge in [0.25, 0.3) is 5.91 Å². The highest BCUT2D eigenvalue weighted by Gasteiger charge is 2.14. The van der Waals surface area contributed by atoms with Crippen LogP contribution in [0, 0.1) is 6.92 Å². The molecule has 0 fully saturated rings.